The van der Waals surface area contributed by atoms with E-state index in [-0.39, 0.29) is 16.8 Å². The van der Waals surface area contributed by atoms with E-state index in [1.165, 1.54) is 11.1 Å². The predicted octanol–water partition coefficient (Wildman–Crippen LogP) is 11.2. The van der Waals surface area contributed by atoms with Crippen LogP contribution in [-0.4, -0.2) is 57.5 Å². The molecule has 0 bridgehead atoms. The maximum absolute atomic E-state index is 13.1. The first kappa shape index (κ1) is 49.7. The molecule has 0 atom stereocenters. The van der Waals surface area contributed by atoms with Crippen molar-refractivity contribution in [2.75, 3.05) is 41.0 Å². The average molecular weight is 744 g/mol. The van der Waals surface area contributed by atoms with Crippen LogP contribution in [0, 0.1) is 0 Å². The van der Waals surface area contributed by atoms with Gasteiger partial charge in [0.25, 0.3) is 0 Å². The fourth-order valence-electron chi connectivity index (χ4n) is 4.96. The quantitative estimate of drug-likeness (QED) is 0.104. The molecular formula is C47H69NO6. The number of rotatable bonds is 13. The van der Waals surface area contributed by atoms with Crippen LogP contribution in [0.25, 0.3) is 0 Å². The summed E-state index contributed by atoms with van der Waals surface area (Å²) in [6.07, 6.45) is 1.71. The van der Waals surface area contributed by atoms with Gasteiger partial charge in [0.1, 0.15) is 22.8 Å². The molecule has 4 aromatic carbocycles. The second-order valence-corrected chi connectivity index (χ2v) is 13.8. The fraction of sp³-hybridized carbons (Fsp3) is 0.426. The van der Waals surface area contributed by atoms with Crippen molar-refractivity contribution < 1.29 is 28.8 Å². The van der Waals surface area contributed by atoms with Crippen LogP contribution in [-0.2, 0) is 20.5 Å². The normalized spacial score (nSPS) is 10.7. The van der Waals surface area contributed by atoms with E-state index < -0.39 is 5.60 Å². The number of aliphatic hydroxyl groups is 1. The molecule has 4 rings (SSSR count). The molecule has 2 N–H and O–H groups in total. The lowest BCUT2D eigenvalue weighted by Gasteiger charge is -2.27. The molecule has 7 heteroatoms. The number of hydrogen-bond donors (Lipinski definition) is 2. The molecule has 0 heterocycles. The number of methoxy groups -OCH3 is 1. The Labute approximate surface area is 327 Å². The topological polar surface area (TPSA) is 86.3 Å². The molecule has 0 aromatic heterocycles. The summed E-state index contributed by atoms with van der Waals surface area (Å²) < 4.78 is 22.5. The molecule has 0 saturated heterocycles. The summed E-state index contributed by atoms with van der Waals surface area (Å²) in [6, 6.07) is 31.4. The van der Waals surface area contributed by atoms with E-state index in [9.17, 15) is 4.79 Å². The first-order valence-corrected chi connectivity index (χ1v) is 18.8. The number of ketones is 1. The van der Waals surface area contributed by atoms with Crippen LogP contribution in [0.4, 0.5) is 0 Å². The Bertz CT molecular complexity index is 1570. The van der Waals surface area contributed by atoms with Crippen LogP contribution in [0.1, 0.15) is 109 Å². The van der Waals surface area contributed by atoms with Crippen LogP contribution in [0.2, 0.25) is 0 Å². The standard InChI is InChI=1S/C37H42O4.C4H8O.C3H9N.C2H6.CH4O/c1-9-39-37(7,8)30-14-10-26(11-15-30)34(38)27-12-20-31(21-13-27)40-32-22-16-28(17-23-32)36(5,6)29-18-24-33(25-19-29)41-35(2,3)4;1-3-4-5-2;1-3-4-2;2*1-2/h10-25H,9H2,1-8H3;3H,1,4H2,2H3;4H,3H2,1-2H3;1-2H3;2H,1H3. The van der Waals surface area contributed by atoms with Crippen LogP contribution in [0.15, 0.2) is 110 Å². The van der Waals surface area contributed by atoms with Gasteiger partial charge >= 0.3 is 0 Å². The third kappa shape index (κ3) is 17.3. The van der Waals surface area contributed by atoms with Crippen molar-refractivity contribution in [3.8, 4) is 17.2 Å². The van der Waals surface area contributed by atoms with Crippen molar-refractivity contribution in [3.05, 3.63) is 138 Å². The molecule has 0 aliphatic rings. The van der Waals surface area contributed by atoms with E-state index >= 15 is 0 Å². The number of carbonyl (C=O) groups excluding carboxylic acids is 1. The van der Waals surface area contributed by atoms with Crippen LogP contribution >= 0.6 is 0 Å². The summed E-state index contributed by atoms with van der Waals surface area (Å²) in [7, 11) is 4.57. The molecule has 0 radical (unpaired) electrons. The summed E-state index contributed by atoms with van der Waals surface area (Å²) in [5, 5.41) is 9.93. The Balaban J connectivity index is 0.00000189. The molecule has 0 amide bonds. The van der Waals surface area contributed by atoms with E-state index in [2.05, 4.69) is 61.7 Å². The van der Waals surface area contributed by atoms with E-state index in [0.29, 0.717) is 30.1 Å². The van der Waals surface area contributed by atoms with E-state index in [4.69, 9.17) is 19.3 Å². The van der Waals surface area contributed by atoms with Gasteiger partial charge in [-0.3, -0.25) is 4.79 Å². The molecule has 0 aliphatic carbocycles. The Hall–Kier alpha value is -4.27. The molecule has 4 aromatic rings. The van der Waals surface area contributed by atoms with Gasteiger partial charge in [0.15, 0.2) is 5.78 Å². The van der Waals surface area contributed by atoms with Crippen molar-refractivity contribution in [2.45, 2.75) is 92.8 Å². The van der Waals surface area contributed by atoms with Crippen LogP contribution in [0.5, 0.6) is 17.2 Å². The van der Waals surface area contributed by atoms with E-state index in [1.807, 2.05) is 123 Å². The minimum atomic E-state index is -0.393. The monoisotopic (exact) mass is 744 g/mol. The zero-order chi connectivity index (χ0) is 41.4. The largest absolute Gasteiger partial charge is 0.488 e. The van der Waals surface area contributed by atoms with Crippen molar-refractivity contribution in [2.24, 2.45) is 0 Å². The maximum Gasteiger partial charge on any atom is 0.193 e. The average Bonchev–Trinajstić information content (AvgIpc) is 3.17. The summed E-state index contributed by atoms with van der Waals surface area (Å²) in [5.74, 6) is 2.26. The first-order chi connectivity index (χ1) is 25.6. The highest BCUT2D eigenvalue weighted by Gasteiger charge is 2.24. The molecular weight excluding hydrogens is 675 g/mol. The minimum absolute atomic E-state index is 0.0260. The van der Waals surface area contributed by atoms with Crippen molar-refractivity contribution >= 4 is 5.78 Å². The van der Waals surface area contributed by atoms with E-state index in [1.54, 1.807) is 25.3 Å². The number of carbonyl (C=O) groups is 1. The van der Waals surface area contributed by atoms with Crippen LogP contribution in [0.3, 0.4) is 0 Å². The lowest BCUT2D eigenvalue weighted by molar-refractivity contribution is -0.0140. The smallest absolute Gasteiger partial charge is 0.193 e. The molecule has 0 spiro atoms. The minimum Gasteiger partial charge on any atom is -0.488 e. The maximum atomic E-state index is 13.1. The third-order valence-corrected chi connectivity index (χ3v) is 7.91. The SMILES string of the molecule is C=CCOC.CC.CCNC.CCOC(C)(C)c1ccc(C(=O)c2ccc(Oc3ccc(C(C)(C)c4ccc(OC(C)(C)C)cc4)cc3)cc2)cc1.CO. The third-order valence-electron chi connectivity index (χ3n) is 7.91. The lowest BCUT2D eigenvalue weighted by Crippen LogP contribution is -2.23. The highest BCUT2D eigenvalue weighted by Crippen LogP contribution is 2.34. The molecule has 0 fully saturated rings. The predicted molar refractivity (Wildman–Crippen MR) is 228 cm³/mol. The van der Waals surface area contributed by atoms with Gasteiger partial charge < -0.3 is 29.4 Å². The van der Waals surface area contributed by atoms with Crippen LogP contribution < -0.4 is 14.8 Å². The zero-order valence-electron chi connectivity index (χ0n) is 35.6. The zero-order valence-corrected chi connectivity index (χ0v) is 35.6. The number of benzene rings is 4. The molecule has 54 heavy (non-hydrogen) atoms. The fourth-order valence-corrected chi connectivity index (χ4v) is 4.96. The Morgan fingerprint density at radius 3 is 1.39 bits per heavy atom. The summed E-state index contributed by atoms with van der Waals surface area (Å²) in [4.78, 5) is 13.1. The number of nitrogens with one attached hydrogen (secondary N) is 1. The van der Waals surface area contributed by atoms with Gasteiger partial charge in [0.05, 0.1) is 12.2 Å². The second kappa shape index (κ2) is 25.7. The van der Waals surface area contributed by atoms with E-state index in [0.717, 1.165) is 30.7 Å². The Morgan fingerprint density at radius 1 is 0.685 bits per heavy atom. The van der Waals surface area contributed by atoms with Gasteiger partial charge in [0, 0.05) is 37.4 Å². The second-order valence-electron chi connectivity index (χ2n) is 13.8. The Morgan fingerprint density at radius 2 is 1.06 bits per heavy atom. The van der Waals surface area contributed by atoms with Crippen molar-refractivity contribution in [1.29, 1.82) is 0 Å². The highest BCUT2D eigenvalue weighted by molar-refractivity contribution is 6.09. The molecule has 7 nitrogen and oxygen atoms in total. The van der Waals surface area contributed by atoms with Crippen molar-refractivity contribution in [3.63, 3.8) is 0 Å². The summed E-state index contributed by atoms with van der Waals surface area (Å²) in [6.45, 7) is 28.5. The van der Waals surface area contributed by atoms with Gasteiger partial charge in [-0.2, -0.15) is 0 Å². The molecule has 298 valence electrons. The van der Waals surface area contributed by atoms with Gasteiger partial charge in [-0.05, 0) is 120 Å². The van der Waals surface area contributed by atoms with Gasteiger partial charge in [0.2, 0.25) is 0 Å². The van der Waals surface area contributed by atoms with Gasteiger partial charge in [-0.1, -0.05) is 89.2 Å². The molecule has 0 saturated carbocycles. The van der Waals surface area contributed by atoms with Gasteiger partial charge in [-0.15, -0.1) is 6.58 Å². The molecule has 0 aliphatic heterocycles. The van der Waals surface area contributed by atoms with Gasteiger partial charge in [-0.25, -0.2) is 0 Å². The Kier molecular flexibility index (Phi) is 23.7. The number of ether oxygens (including phenoxy) is 4. The summed E-state index contributed by atoms with van der Waals surface area (Å²) in [5.41, 5.74) is 3.89. The first-order valence-electron chi connectivity index (χ1n) is 18.8. The molecule has 0 unspecified atom stereocenters. The lowest BCUT2D eigenvalue weighted by atomic mass is 9.78. The summed E-state index contributed by atoms with van der Waals surface area (Å²) >= 11 is 0. The highest BCUT2D eigenvalue weighted by atomic mass is 16.5. The number of aliphatic hydroxyl groups excluding tert-OH is 1. The number of hydrogen-bond acceptors (Lipinski definition) is 7. The van der Waals surface area contributed by atoms with Crippen molar-refractivity contribution in [1.82, 2.24) is 5.32 Å².